The van der Waals surface area contributed by atoms with Crippen LogP contribution in [-0.4, -0.2) is 0 Å². The van der Waals surface area contributed by atoms with E-state index in [0.29, 0.717) is 5.66 Å². The van der Waals surface area contributed by atoms with E-state index in [2.05, 4.69) is 47.4 Å². The zero-order valence-corrected chi connectivity index (χ0v) is 10.1. The monoisotopic (exact) mass is 279 g/mol. The van der Waals surface area contributed by atoms with Crippen molar-refractivity contribution in [1.82, 2.24) is 0 Å². The molecule has 61 valence electrons. The van der Waals surface area contributed by atoms with Crippen LogP contribution in [0.1, 0.15) is 16.8 Å². The normalized spacial score (nSPS) is 11.9. The van der Waals surface area contributed by atoms with Gasteiger partial charge in [-0.2, -0.15) is 0 Å². The topological polar surface area (TPSA) is 0 Å². The first-order chi connectivity index (χ1) is 4.70. The van der Waals surface area contributed by atoms with E-state index >= 15 is 0 Å². The highest BCUT2D eigenvalue weighted by atomic mass is 127. The van der Waals surface area contributed by atoms with E-state index in [0.717, 1.165) is 0 Å². The summed E-state index contributed by atoms with van der Waals surface area (Å²) in [6.45, 7) is 5.99. The second-order valence-electron chi connectivity index (χ2n) is 2.52. The number of benzene rings is 1. The predicted octanol–water partition coefficient (Wildman–Crippen LogP) is 3.36. The molecule has 0 heterocycles. The molecule has 0 aliphatic heterocycles. The van der Waals surface area contributed by atoms with Crippen LogP contribution >= 0.6 is 33.2 Å². The third-order valence-corrected chi connectivity index (χ3v) is 1.89. The molecule has 11 heavy (non-hydrogen) atoms. The summed E-state index contributed by atoms with van der Waals surface area (Å²) in [5.74, 6) is 0. The van der Waals surface area contributed by atoms with Gasteiger partial charge in [0, 0.05) is 0 Å². The molecular formula is C9H13IP. The quantitative estimate of drug-likeness (QED) is 0.546. The first-order valence-corrected chi connectivity index (χ1v) is 4.02. The van der Waals surface area contributed by atoms with Crippen molar-refractivity contribution in [3.63, 3.8) is 0 Å². The summed E-state index contributed by atoms with van der Waals surface area (Å²) in [7, 11) is 2.68. The standard InChI is InChI=1S/C9H12P.HI/c1-7-3-5-9(6-4-7)8(2)10;/h3-6,8H,2,10H2,1H3;1H. The molecule has 1 rings (SSSR count). The van der Waals surface area contributed by atoms with Crippen molar-refractivity contribution in [2.45, 2.75) is 12.6 Å². The lowest BCUT2D eigenvalue weighted by Gasteiger charge is -2.03. The van der Waals surface area contributed by atoms with Gasteiger partial charge < -0.3 is 0 Å². The van der Waals surface area contributed by atoms with Gasteiger partial charge >= 0.3 is 0 Å². The fourth-order valence-electron chi connectivity index (χ4n) is 0.814. The van der Waals surface area contributed by atoms with E-state index in [1.165, 1.54) is 11.1 Å². The molecule has 0 amide bonds. The summed E-state index contributed by atoms with van der Waals surface area (Å²) in [6.07, 6.45) is 0. The molecule has 0 saturated heterocycles. The summed E-state index contributed by atoms with van der Waals surface area (Å²) in [5, 5.41) is 0. The lowest BCUT2D eigenvalue weighted by molar-refractivity contribution is 1.22. The van der Waals surface area contributed by atoms with E-state index in [1.807, 2.05) is 0 Å². The van der Waals surface area contributed by atoms with Crippen LogP contribution in [0, 0.1) is 13.8 Å². The highest BCUT2D eigenvalue weighted by molar-refractivity contribution is 14.0. The van der Waals surface area contributed by atoms with Gasteiger partial charge in [0.15, 0.2) is 0 Å². The van der Waals surface area contributed by atoms with Gasteiger partial charge in [0.2, 0.25) is 0 Å². The van der Waals surface area contributed by atoms with Crippen LogP contribution in [0.15, 0.2) is 24.3 Å². The van der Waals surface area contributed by atoms with Crippen LogP contribution in [0.5, 0.6) is 0 Å². The molecule has 0 aliphatic rings. The second kappa shape index (κ2) is 5.10. The van der Waals surface area contributed by atoms with E-state index in [-0.39, 0.29) is 24.0 Å². The first-order valence-electron chi connectivity index (χ1n) is 3.35. The molecule has 0 fully saturated rings. The third-order valence-electron chi connectivity index (χ3n) is 1.51. The lowest BCUT2D eigenvalue weighted by Crippen LogP contribution is -1.82. The fraction of sp³-hybridized carbons (Fsp3) is 0.222. The van der Waals surface area contributed by atoms with Gasteiger partial charge in [-0.15, -0.1) is 33.2 Å². The van der Waals surface area contributed by atoms with Crippen molar-refractivity contribution >= 4 is 33.2 Å². The molecule has 0 aromatic heterocycles. The number of hydrogen-bond acceptors (Lipinski definition) is 0. The largest absolute Gasteiger partial charge is 0.130 e. The Kier molecular flexibility index (Phi) is 5.28. The fourth-order valence-corrected chi connectivity index (χ4v) is 1.04. The van der Waals surface area contributed by atoms with E-state index < -0.39 is 0 Å². The average Bonchev–Trinajstić information content (AvgIpc) is 1.88. The van der Waals surface area contributed by atoms with Gasteiger partial charge in [0.25, 0.3) is 0 Å². The maximum absolute atomic E-state index is 3.90. The van der Waals surface area contributed by atoms with Gasteiger partial charge in [-0.05, 0) is 25.1 Å². The Bertz CT molecular complexity index is 203. The molecule has 0 saturated carbocycles. The molecule has 1 radical (unpaired) electrons. The van der Waals surface area contributed by atoms with Crippen LogP contribution in [0.25, 0.3) is 0 Å². The summed E-state index contributed by atoms with van der Waals surface area (Å²) in [4.78, 5) is 0. The molecule has 1 aromatic carbocycles. The van der Waals surface area contributed by atoms with Crippen LogP contribution in [-0.2, 0) is 0 Å². The molecule has 2 atom stereocenters. The first kappa shape index (κ1) is 11.4. The molecule has 0 N–H and O–H groups in total. The Hall–Kier alpha value is 0.380. The van der Waals surface area contributed by atoms with Crippen molar-refractivity contribution in [2.24, 2.45) is 0 Å². The minimum absolute atomic E-state index is 0. The van der Waals surface area contributed by atoms with E-state index in [4.69, 9.17) is 0 Å². The second-order valence-corrected chi connectivity index (χ2v) is 3.32. The van der Waals surface area contributed by atoms with Crippen LogP contribution in [0.4, 0.5) is 0 Å². The van der Waals surface area contributed by atoms with E-state index in [1.54, 1.807) is 0 Å². The molecule has 0 bridgehead atoms. The lowest BCUT2D eigenvalue weighted by atomic mass is 10.1. The van der Waals surface area contributed by atoms with Gasteiger partial charge in [-0.1, -0.05) is 29.8 Å². The van der Waals surface area contributed by atoms with E-state index in [9.17, 15) is 0 Å². The summed E-state index contributed by atoms with van der Waals surface area (Å²) in [6, 6.07) is 8.44. The minimum Gasteiger partial charge on any atom is -0.130 e. The Balaban J connectivity index is 0.000001000. The summed E-state index contributed by atoms with van der Waals surface area (Å²) < 4.78 is 0. The maximum atomic E-state index is 3.90. The molecule has 0 nitrogen and oxygen atoms in total. The number of hydrogen-bond donors (Lipinski definition) is 0. The van der Waals surface area contributed by atoms with Crippen LogP contribution in [0.2, 0.25) is 0 Å². The summed E-state index contributed by atoms with van der Waals surface area (Å²) in [5.41, 5.74) is 2.89. The molecule has 2 unspecified atom stereocenters. The van der Waals surface area contributed by atoms with Crippen molar-refractivity contribution in [1.29, 1.82) is 0 Å². The Labute approximate surface area is 88.0 Å². The Morgan fingerprint density at radius 3 is 2.09 bits per heavy atom. The van der Waals surface area contributed by atoms with Crippen LogP contribution < -0.4 is 0 Å². The van der Waals surface area contributed by atoms with Gasteiger partial charge in [-0.25, -0.2) is 0 Å². The average molecular weight is 279 g/mol. The van der Waals surface area contributed by atoms with Crippen molar-refractivity contribution in [3.05, 3.63) is 42.3 Å². The number of halogens is 1. The van der Waals surface area contributed by atoms with Crippen molar-refractivity contribution < 1.29 is 0 Å². The van der Waals surface area contributed by atoms with Crippen molar-refractivity contribution in [3.8, 4) is 0 Å². The van der Waals surface area contributed by atoms with Crippen molar-refractivity contribution in [2.75, 3.05) is 0 Å². The predicted molar refractivity (Wildman–Crippen MR) is 64.4 cm³/mol. The van der Waals surface area contributed by atoms with Gasteiger partial charge in [0.05, 0.1) is 0 Å². The molecule has 2 heteroatoms. The smallest absolute Gasteiger partial charge is 0.00142 e. The zero-order chi connectivity index (χ0) is 7.56. The molecule has 0 aliphatic carbocycles. The van der Waals surface area contributed by atoms with Gasteiger partial charge in [0.1, 0.15) is 0 Å². The third kappa shape index (κ3) is 3.53. The molecular weight excluding hydrogens is 266 g/mol. The minimum atomic E-state index is 0. The highest BCUT2D eigenvalue weighted by Gasteiger charge is 1.95. The Morgan fingerprint density at radius 1 is 1.27 bits per heavy atom. The highest BCUT2D eigenvalue weighted by Crippen LogP contribution is 2.20. The number of rotatable bonds is 1. The van der Waals surface area contributed by atoms with Gasteiger partial charge in [-0.3, -0.25) is 0 Å². The number of aryl methyl sites for hydroxylation is 1. The molecule has 0 spiro atoms. The molecule has 1 aromatic rings. The summed E-state index contributed by atoms with van der Waals surface area (Å²) >= 11 is 0. The Morgan fingerprint density at radius 2 is 1.73 bits per heavy atom. The SMILES string of the molecule is I.[CH2]C(P)c1ccc(C)cc1. The zero-order valence-electron chi connectivity index (χ0n) is 6.58. The maximum Gasteiger partial charge on any atom is -0.00142 e. The van der Waals surface area contributed by atoms with Crippen LogP contribution in [0.3, 0.4) is 0 Å².